The van der Waals surface area contributed by atoms with Gasteiger partial charge >= 0.3 is 6.09 Å². The quantitative estimate of drug-likeness (QED) is 0.238. The minimum absolute atomic E-state index is 0.181. The zero-order chi connectivity index (χ0) is 26.8. The fraction of sp³-hybridized carbons (Fsp3) is 0.414. The number of benzene rings is 2. The zero-order valence-corrected chi connectivity index (χ0v) is 22.4. The molecule has 0 saturated carbocycles. The van der Waals surface area contributed by atoms with Crippen LogP contribution in [-0.4, -0.2) is 47.3 Å². The highest BCUT2D eigenvalue weighted by Gasteiger charge is 2.19. The molecule has 37 heavy (non-hydrogen) atoms. The molecule has 0 saturated heterocycles. The van der Waals surface area contributed by atoms with Crippen LogP contribution in [0.3, 0.4) is 0 Å². The monoisotopic (exact) mass is 505 g/mol. The van der Waals surface area contributed by atoms with E-state index in [9.17, 15) is 9.59 Å². The number of fused-ring (bicyclic) bond motifs is 1. The van der Waals surface area contributed by atoms with Crippen molar-refractivity contribution in [2.75, 3.05) is 29.9 Å². The third kappa shape index (κ3) is 7.35. The molecule has 2 amide bonds. The summed E-state index contributed by atoms with van der Waals surface area (Å²) in [7, 11) is 0. The molecule has 8 nitrogen and oxygen atoms in total. The van der Waals surface area contributed by atoms with Gasteiger partial charge < -0.3 is 19.5 Å². The van der Waals surface area contributed by atoms with E-state index in [2.05, 4.69) is 46.6 Å². The Morgan fingerprint density at radius 2 is 1.92 bits per heavy atom. The molecule has 1 unspecified atom stereocenters. The van der Waals surface area contributed by atoms with E-state index in [0.717, 1.165) is 53.3 Å². The Kier molecular flexibility index (Phi) is 10.1. The summed E-state index contributed by atoms with van der Waals surface area (Å²) in [6, 6.07) is 14.0. The number of aromatic nitrogens is 2. The molecule has 1 atom stereocenters. The van der Waals surface area contributed by atoms with Gasteiger partial charge in [0.2, 0.25) is 5.91 Å². The fourth-order valence-electron chi connectivity index (χ4n) is 4.39. The topological polar surface area (TPSA) is 88.5 Å². The van der Waals surface area contributed by atoms with Crippen LogP contribution in [0.2, 0.25) is 0 Å². The Balaban J connectivity index is 1.68. The van der Waals surface area contributed by atoms with Crippen molar-refractivity contribution in [3.8, 4) is 0 Å². The molecule has 2 N–H and O–H groups in total. The number of nitrogens with zero attached hydrogens (tertiary/aromatic N) is 3. The Morgan fingerprint density at radius 1 is 1.16 bits per heavy atom. The lowest BCUT2D eigenvalue weighted by atomic mass is 10.1. The number of hydrogen-bond donors (Lipinski definition) is 2. The van der Waals surface area contributed by atoms with E-state index in [4.69, 9.17) is 9.72 Å². The van der Waals surface area contributed by atoms with E-state index < -0.39 is 6.09 Å². The van der Waals surface area contributed by atoms with Crippen LogP contribution in [0.1, 0.15) is 45.0 Å². The molecular formula is C29H39N5O3. The molecule has 8 heteroatoms. The van der Waals surface area contributed by atoms with Crippen LogP contribution in [0.5, 0.6) is 0 Å². The Labute approximate surface area is 219 Å². The van der Waals surface area contributed by atoms with Gasteiger partial charge in [-0.1, -0.05) is 25.6 Å². The molecule has 2 aromatic carbocycles. The van der Waals surface area contributed by atoms with Crippen LogP contribution >= 0.6 is 0 Å². The maximum absolute atomic E-state index is 12.8. The van der Waals surface area contributed by atoms with Gasteiger partial charge in [-0.15, -0.1) is 0 Å². The Morgan fingerprint density at radius 3 is 2.59 bits per heavy atom. The van der Waals surface area contributed by atoms with Crippen LogP contribution < -0.4 is 15.5 Å². The Hall–Kier alpha value is -3.81. The van der Waals surface area contributed by atoms with Crippen molar-refractivity contribution in [3.63, 3.8) is 0 Å². The number of nitrogens with one attached hydrogen (secondary N) is 2. The minimum atomic E-state index is -0.472. The van der Waals surface area contributed by atoms with E-state index in [1.54, 1.807) is 0 Å². The Bertz CT molecular complexity index is 1220. The predicted molar refractivity (Wildman–Crippen MR) is 150 cm³/mol. The molecule has 0 bridgehead atoms. The van der Waals surface area contributed by atoms with Gasteiger partial charge in [0.05, 0.1) is 11.0 Å². The first-order valence-corrected chi connectivity index (χ1v) is 13.1. The van der Waals surface area contributed by atoms with Gasteiger partial charge in [-0.05, 0) is 75.6 Å². The van der Waals surface area contributed by atoms with Crippen molar-refractivity contribution in [1.82, 2.24) is 14.9 Å². The first-order valence-electron chi connectivity index (χ1n) is 13.1. The van der Waals surface area contributed by atoms with Gasteiger partial charge in [0.1, 0.15) is 11.9 Å². The van der Waals surface area contributed by atoms with Crippen molar-refractivity contribution in [2.45, 2.75) is 59.6 Å². The molecular weight excluding hydrogens is 466 g/mol. The molecule has 0 spiro atoms. The SMILES string of the molecule is C=CC(=O)NCCCn1c(CC(CC)OC(=O)Nc2ccc(N(CC)CC)cc2C)nc2ccccc21. The number of amides is 2. The highest BCUT2D eigenvalue weighted by atomic mass is 16.6. The van der Waals surface area contributed by atoms with Crippen LogP contribution in [-0.2, 0) is 22.5 Å². The first-order chi connectivity index (χ1) is 17.9. The minimum Gasteiger partial charge on any atom is -0.446 e. The van der Waals surface area contributed by atoms with Crippen LogP contribution in [0, 0.1) is 6.92 Å². The van der Waals surface area contributed by atoms with E-state index >= 15 is 0 Å². The second-order valence-electron chi connectivity index (χ2n) is 8.95. The number of imidazole rings is 1. The lowest BCUT2D eigenvalue weighted by Crippen LogP contribution is -2.26. The van der Waals surface area contributed by atoms with Gasteiger partial charge in [-0.3, -0.25) is 10.1 Å². The second kappa shape index (κ2) is 13.5. The summed E-state index contributed by atoms with van der Waals surface area (Å²) >= 11 is 0. The predicted octanol–water partition coefficient (Wildman–Crippen LogP) is 5.45. The number of para-hydroxylation sites is 2. The van der Waals surface area contributed by atoms with Crippen molar-refractivity contribution < 1.29 is 14.3 Å². The zero-order valence-electron chi connectivity index (χ0n) is 22.4. The number of carbonyl (C=O) groups is 2. The largest absolute Gasteiger partial charge is 0.446 e. The van der Waals surface area contributed by atoms with Crippen molar-refractivity contribution in [2.24, 2.45) is 0 Å². The summed E-state index contributed by atoms with van der Waals surface area (Å²) in [4.78, 5) is 31.3. The van der Waals surface area contributed by atoms with E-state index in [1.807, 2.05) is 50.2 Å². The summed E-state index contributed by atoms with van der Waals surface area (Å²) in [5.74, 6) is 0.676. The number of ether oxygens (including phenoxy) is 1. The smallest absolute Gasteiger partial charge is 0.411 e. The molecule has 3 rings (SSSR count). The average molecular weight is 506 g/mol. The molecule has 1 aromatic heterocycles. The van der Waals surface area contributed by atoms with E-state index in [1.165, 1.54) is 6.08 Å². The lowest BCUT2D eigenvalue weighted by molar-refractivity contribution is -0.116. The van der Waals surface area contributed by atoms with E-state index in [-0.39, 0.29) is 12.0 Å². The molecule has 0 radical (unpaired) electrons. The first kappa shape index (κ1) is 27.8. The van der Waals surface area contributed by atoms with Gasteiger partial charge in [-0.2, -0.15) is 0 Å². The van der Waals surface area contributed by atoms with E-state index in [0.29, 0.717) is 25.9 Å². The number of hydrogen-bond acceptors (Lipinski definition) is 5. The molecule has 0 aliphatic carbocycles. The molecule has 0 aliphatic rings. The van der Waals surface area contributed by atoms with Gasteiger partial charge in [0.25, 0.3) is 0 Å². The standard InChI is InChI=1S/C29H39N5O3/c1-6-23(37-29(36)32-24-16-15-22(19-21(24)5)33(8-3)9-4)20-27-31-25-13-10-11-14-26(25)34(27)18-12-17-30-28(35)7-2/h7,10-11,13-16,19,23H,2,6,8-9,12,17-18,20H2,1,3-5H3,(H,30,35)(H,32,36). The lowest BCUT2D eigenvalue weighted by Gasteiger charge is -2.22. The summed E-state index contributed by atoms with van der Waals surface area (Å²) in [5, 5.41) is 5.72. The number of aryl methyl sites for hydroxylation is 2. The summed E-state index contributed by atoms with van der Waals surface area (Å²) < 4.78 is 7.97. The van der Waals surface area contributed by atoms with Crippen LogP contribution in [0.4, 0.5) is 16.2 Å². The summed E-state index contributed by atoms with van der Waals surface area (Å²) in [6.45, 7) is 14.8. The van der Waals surface area contributed by atoms with Crippen molar-refractivity contribution in [3.05, 3.63) is 66.5 Å². The molecule has 1 heterocycles. The van der Waals surface area contributed by atoms with Gasteiger partial charge in [-0.25, -0.2) is 9.78 Å². The molecule has 0 aliphatic heterocycles. The van der Waals surface area contributed by atoms with Crippen molar-refractivity contribution >= 4 is 34.4 Å². The number of carbonyl (C=O) groups excluding carboxylic acids is 2. The highest BCUT2D eigenvalue weighted by molar-refractivity contribution is 5.87. The number of anilines is 2. The summed E-state index contributed by atoms with van der Waals surface area (Å²) in [6.07, 6.45) is 2.37. The third-order valence-electron chi connectivity index (χ3n) is 6.49. The molecule has 3 aromatic rings. The fourth-order valence-corrected chi connectivity index (χ4v) is 4.39. The second-order valence-corrected chi connectivity index (χ2v) is 8.95. The third-order valence-corrected chi connectivity index (χ3v) is 6.49. The van der Waals surface area contributed by atoms with Crippen LogP contribution in [0.25, 0.3) is 11.0 Å². The number of rotatable bonds is 13. The van der Waals surface area contributed by atoms with Gasteiger partial charge in [0, 0.05) is 44.0 Å². The summed E-state index contributed by atoms with van der Waals surface area (Å²) in [5.41, 5.74) is 4.78. The van der Waals surface area contributed by atoms with Crippen LogP contribution in [0.15, 0.2) is 55.1 Å². The average Bonchev–Trinajstić information content (AvgIpc) is 3.25. The maximum Gasteiger partial charge on any atom is 0.411 e. The molecule has 198 valence electrons. The van der Waals surface area contributed by atoms with Crippen molar-refractivity contribution in [1.29, 1.82) is 0 Å². The molecule has 0 fully saturated rings. The normalized spacial score (nSPS) is 11.7. The van der Waals surface area contributed by atoms with Gasteiger partial charge in [0.15, 0.2) is 0 Å². The highest BCUT2D eigenvalue weighted by Crippen LogP contribution is 2.24. The maximum atomic E-state index is 12.8.